The maximum Gasteiger partial charge on any atom is 0.223 e. The number of hydrogen-bond acceptors (Lipinski definition) is 4. The van der Waals surface area contributed by atoms with Crippen molar-refractivity contribution in [3.8, 4) is 0 Å². The van der Waals surface area contributed by atoms with E-state index in [1.807, 2.05) is 6.92 Å². The minimum Gasteiger partial charge on any atom is -0.385 e. The number of anilines is 1. The predicted octanol–water partition coefficient (Wildman–Crippen LogP) is 1.76. The van der Waals surface area contributed by atoms with Crippen LogP contribution in [-0.2, 0) is 14.6 Å². The molecule has 0 fully saturated rings. The second-order valence-corrected chi connectivity index (χ2v) is 6.92. The van der Waals surface area contributed by atoms with E-state index in [-0.39, 0.29) is 11.7 Å². The van der Waals surface area contributed by atoms with E-state index in [4.69, 9.17) is 0 Å². The van der Waals surface area contributed by atoms with Gasteiger partial charge in [0.05, 0.1) is 10.6 Å². The molecule has 20 heavy (non-hydrogen) atoms. The third-order valence-electron chi connectivity index (χ3n) is 2.85. The Bertz CT molecular complexity index is 536. The van der Waals surface area contributed by atoms with Gasteiger partial charge in [-0.15, -0.1) is 0 Å². The molecule has 0 spiro atoms. The molecular formula is C14H22N2O3S. The summed E-state index contributed by atoms with van der Waals surface area (Å²) in [5.74, 6) is 0.219. The number of nitrogens with one attached hydrogen (secondary N) is 1. The Morgan fingerprint density at radius 3 is 2.30 bits per heavy atom. The largest absolute Gasteiger partial charge is 0.385 e. The molecule has 1 aromatic carbocycles. The van der Waals surface area contributed by atoms with Crippen molar-refractivity contribution >= 4 is 21.4 Å². The first-order valence-electron chi connectivity index (χ1n) is 6.63. The SMILES string of the molecule is CCCS(=O)(=O)c1ccc(NCCC(=O)N(C)C)cc1. The Kier molecular flexibility index (Phi) is 6.01. The van der Waals surface area contributed by atoms with Crippen LogP contribution in [-0.4, -0.2) is 45.6 Å². The molecule has 112 valence electrons. The first kappa shape index (κ1) is 16.5. The highest BCUT2D eigenvalue weighted by Crippen LogP contribution is 2.16. The van der Waals surface area contributed by atoms with Gasteiger partial charge in [0.15, 0.2) is 9.84 Å². The van der Waals surface area contributed by atoms with E-state index in [1.165, 1.54) is 0 Å². The van der Waals surface area contributed by atoms with E-state index in [1.54, 1.807) is 43.3 Å². The average Bonchev–Trinajstić information content (AvgIpc) is 2.39. The fourth-order valence-electron chi connectivity index (χ4n) is 1.70. The van der Waals surface area contributed by atoms with Crippen LogP contribution in [0.3, 0.4) is 0 Å². The number of carbonyl (C=O) groups is 1. The topological polar surface area (TPSA) is 66.5 Å². The molecule has 0 bridgehead atoms. The lowest BCUT2D eigenvalue weighted by molar-refractivity contribution is -0.128. The number of benzene rings is 1. The zero-order valence-electron chi connectivity index (χ0n) is 12.2. The van der Waals surface area contributed by atoms with Crippen molar-refractivity contribution in [3.63, 3.8) is 0 Å². The van der Waals surface area contributed by atoms with Crippen LogP contribution in [0.15, 0.2) is 29.2 Å². The molecule has 0 saturated carbocycles. The summed E-state index contributed by atoms with van der Waals surface area (Å²) in [4.78, 5) is 13.3. The summed E-state index contributed by atoms with van der Waals surface area (Å²) in [6, 6.07) is 6.65. The van der Waals surface area contributed by atoms with Gasteiger partial charge in [-0.05, 0) is 30.7 Å². The zero-order chi connectivity index (χ0) is 15.2. The summed E-state index contributed by atoms with van der Waals surface area (Å²) in [6.45, 7) is 2.37. The number of hydrogen-bond donors (Lipinski definition) is 1. The molecule has 0 atom stereocenters. The van der Waals surface area contributed by atoms with Crippen molar-refractivity contribution < 1.29 is 13.2 Å². The number of rotatable bonds is 7. The number of carbonyl (C=O) groups excluding carboxylic acids is 1. The molecule has 1 aromatic rings. The molecule has 5 nitrogen and oxygen atoms in total. The number of amides is 1. The van der Waals surface area contributed by atoms with E-state index in [0.717, 1.165) is 5.69 Å². The van der Waals surface area contributed by atoms with Crippen molar-refractivity contribution in [2.45, 2.75) is 24.7 Å². The lowest BCUT2D eigenvalue weighted by Crippen LogP contribution is -2.23. The van der Waals surface area contributed by atoms with Crippen LogP contribution in [0.25, 0.3) is 0 Å². The number of sulfone groups is 1. The van der Waals surface area contributed by atoms with Crippen molar-refractivity contribution in [1.82, 2.24) is 4.90 Å². The highest BCUT2D eigenvalue weighted by atomic mass is 32.2. The quantitative estimate of drug-likeness (QED) is 0.833. The van der Waals surface area contributed by atoms with Crippen LogP contribution < -0.4 is 5.32 Å². The third-order valence-corrected chi connectivity index (χ3v) is 4.79. The smallest absolute Gasteiger partial charge is 0.223 e. The fraction of sp³-hybridized carbons (Fsp3) is 0.500. The Hall–Kier alpha value is -1.56. The second kappa shape index (κ2) is 7.28. The van der Waals surface area contributed by atoms with Gasteiger partial charge in [-0.25, -0.2) is 8.42 Å². The Morgan fingerprint density at radius 2 is 1.80 bits per heavy atom. The van der Waals surface area contributed by atoms with Gasteiger partial charge in [-0.3, -0.25) is 4.79 Å². The molecule has 0 unspecified atom stereocenters. The average molecular weight is 298 g/mol. The highest BCUT2D eigenvalue weighted by Gasteiger charge is 2.12. The fourth-order valence-corrected chi connectivity index (χ4v) is 3.03. The van der Waals surface area contributed by atoms with E-state index < -0.39 is 9.84 Å². The van der Waals surface area contributed by atoms with Crippen LogP contribution in [0.2, 0.25) is 0 Å². The van der Waals surface area contributed by atoms with Crippen LogP contribution in [0.4, 0.5) is 5.69 Å². The van der Waals surface area contributed by atoms with Gasteiger partial charge in [0, 0.05) is 32.7 Å². The molecule has 6 heteroatoms. The zero-order valence-corrected chi connectivity index (χ0v) is 13.0. The molecule has 0 aromatic heterocycles. The molecule has 1 amide bonds. The minimum absolute atomic E-state index is 0.0552. The summed E-state index contributed by atoms with van der Waals surface area (Å²) in [7, 11) is 0.275. The highest BCUT2D eigenvalue weighted by molar-refractivity contribution is 7.91. The summed E-state index contributed by atoms with van der Waals surface area (Å²) in [6.07, 6.45) is 1.01. The maximum absolute atomic E-state index is 11.9. The van der Waals surface area contributed by atoms with Gasteiger partial charge < -0.3 is 10.2 Å². The normalized spacial score (nSPS) is 11.2. The molecule has 0 saturated heterocycles. The minimum atomic E-state index is -3.16. The molecule has 1 N–H and O–H groups in total. The van der Waals surface area contributed by atoms with Gasteiger partial charge in [0.1, 0.15) is 0 Å². The molecule has 0 aliphatic heterocycles. The molecule has 0 heterocycles. The first-order valence-corrected chi connectivity index (χ1v) is 8.29. The van der Waals surface area contributed by atoms with E-state index in [2.05, 4.69) is 5.32 Å². The van der Waals surface area contributed by atoms with Crippen LogP contribution >= 0.6 is 0 Å². The Morgan fingerprint density at radius 1 is 1.20 bits per heavy atom. The van der Waals surface area contributed by atoms with Crippen LogP contribution in [0.5, 0.6) is 0 Å². The van der Waals surface area contributed by atoms with Gasteiger partial charge in [-0.2, -0.15) is 0 Å². The van der Waals surface area contributed by atoms with Crippen molar-refractivity contribution in [2.24, 2.45) is 0 Å². The lowest BCUT2D eigenvalue weighted by atomic mass is 10.3. The monoisotopic (exact) mass is 298 g/mol. The van der Waals surface area contributed by atoms with Gasteiger partial charge in [0.25, 0.3) is 0 Å². The standard InChI is InChI=1S/C14H22N2O3S/c1-4-11-20(18,19)13-7-5-12(6-8-13)15-10-9-14(17)16(2)3/h5-8,15H,4,9-11H2,1-3H3. The molecule has 0 radical (unpaired) electrons. The van der Waals surface area contributed by atoms with Crippen LogP contribution in [0, 0.1) is 0 Å². The van der Waals surface area contributed by atoms with Crippen molar-refractivity contribution in [3.05, 3.63) is 24.3 Å². The van der Waals surface area contributed by atoms with E-state index in [0.29, 0.717) is 24.3 Å². The summed E-state index contributed by atoms with van der Waals surface area (Å²) in [5, 5.41) is 3.10. The Labute approximate surface area is 120 Å². The van der Waals surface area contributed by atoms with Gasteiger partial charge >= 0.3 is 0 Å². The van der Waals surface area contributed by atoms with Crippen molar-refractivity contribution in [2.75, 3.05) is 31.7 Å². The second-order valence-electron chi connectivity index (χ2n) is 4.81. The van der Waals surface area contributed by atoms with E-state index in [9.17, 15) is 13.2 Å². The molecule has 0 aliphatic carbocycles. The molecular weight excluding hydrogens is 276 g/mol. The molecule has 0 aliphatic rings. The summed E-state index contributed by atoms with van der Waals surface area (Å²) >= 11 is 0. The lowest BCUT2D eigenvalue weighted by Gasteiger charge is -2.11. The molecule has 1 rings (SSSR count). The summed E-state index contributed by atoms with van der Waals surface area (Å²) in [5.41, 5.74) is 0.812. The first-order chi connectivity index (χ1) is 9.36. The van der Waals surface area contributed by atoms with Crippen molar-refractivity contribution in [1.29, 1.82) is 0 Å². The Balaban J connectivity index is 2.57. The predicted molar refractivity (Wildman–Crippen MR) is 80.6 cm³/mol. The van der Waals surface area contributed by atoms with Crippen LogP contribution in [0.1, 0.15) is 19.8 Å². The maximum atomic E-state index is 11.9. The number of nitrogens with zero attached hydrogens (tertiary/aromatic N) is 1. The third kappa shape index (κ3) is 4.85. The van der Waals surface area contributed by atoms with E-state index >= 15 is 0 Å². The van der Waals surface area contributed by atoms with Gasteiger partial charge in [-0.1, -0.05) is 6.92 Å². The van der Waals surface area contributed by atoms with Gasteiger partial charge in [0.2, 0.25) is 5.91 Å². The summed E-state index contributed by atoms with van der Waals surface area (Å²) < 4.78 is 23.7.